The molecule has 1 heterocycles. The van der Waals surface area contributed by atoms with Crippen molar-refractivity contribution < 1.29 is 19.0 Å². The maximum Gasteiger partial charge on any atom is 0.306 e. The summed E-state index contributed by atoms with van der Waals surface area (Å²) >= 11 is 0. The highest BCUT2D eigenvalue weighted by atomic mass is 16.5. The number of hydrogen-bond acceptors (Lipinski definition) is 5. The van der Waals surface area contributed by atoms with Crippen LogP contribution in [0.1, 0.15) is 28.9 Å². The molecule has 0 amide bonds. The van der Waals surface area contributed by atoms with Crippen molar-refractivity contribution in [3.63, 3.8) is 0 Å². The molecule has 0 spiro atoms. The molecule has 0 fully saturated rings. The average molecular weight is 394 g/mol. The van der Waals surface area contributed by atoms with E-state index in [1.54, 1.807) is 14.2 Å². The summed E-state index contributed by atoms with van der Waals surface area (Å²) < 4.78 is 17.8. The zero-order valence-corrected chi connectivity index (χ0v) is 17.3. The monoisotopic (exact) mass is 394 g/mol. The third-order valence-electron chi connectivity index (χ3n) is 4.66. The molecule has 0 aliphatic carbocycles. The van der Waals surface area contributed by atoms with Gasteiger partial charge in [-0.05, 0) is 61.7 Å². The number of benzene rings is 2. The lowest BCUT2D eigenvalue weighted by Crippen LogP contribution is -2.06. The van der Waals surface area contributed by atoms with Crippen LogP contribution in [0, 0.1) is 13.8 Å². The molecule has 0 atom stereocenters. The summed E-state index contributed by atoms with van der Waals surface area (Å²) in [6.07, 6.45) is 0.884. The lowest BCUT2D eigenvalue weighted by molar-refractivity contribution is -0.144. The highest BCUT2D eigenvalue weighted by molar-refractivity contribution is 5.69. The summed E-state index contributed by atoms with van der Waals surface area (Å²) in [7, 11) is 3.19. The smallest absolute Gasteiger partial charge is 0.306 e. The topological polar surface area (TPSA) is 62.6 Å². The number of aromatic nitrogens is 2. The van der Waals surface area contributed by atoms with Crippen molar-refractivity contribution in [2.75, 3.05) is 14.2 Å². The lowest BCUT2D eigenvalue weighted by Gasteiger charge is -2.10. The Morgan fingerprint density at radius 3 is 2.24 bits per heavy atom. The minimum absolute atomic E-state index is 0.234. The minimum Gasteiger partial charge on any atom is -0.493 e. The summed E-state index contributed by atoms with van der Waals surface area (Å²) in [6, 6.07) is 15.5. The molecular formula is C23H26N2O4. The Kier molecular flexibility index (Phi) is 6.54. The Balaban J connectivity index is 1.51. The van der Waals surface area contributed by atoms with Gasteiger partial charge in [0.15, 0.2) is 11.5 Å². The van der Waals surface area contributed by atoms with Gasteiger partial charge in [0.05, 0.1) is 25.6 Å². The maximum absolute atomic E-state index is 12.1. The number of carbonyl (C=O) groups is 1. The summed E-state index contributed by atoms with van der Waals surface area (Å²) in [5.74, 6) is 1.09. The summed E-state index contributed by atoms with van der Waals surface area (Å²) in [6.45, 7) is 4.25. The van der Waals surface area contributed by atoms with Crippen LogP contribution in [0.3, 0.4) is 0 Å². The van der Waals surface area contributed by atoms with E-state index in [9.17, 15) is 4.79 Å². The van der Waals surface area contributed by atoms with E-state index < -0.39 is 0 Å². The van der Waals surface area contributed by atoms with Crippen LogP contribution in [-0.4, -0.2) is 30.0 Å². The van der Waals surface area contributed by atoms with Crippen LogP contribution in [0.15, 0.2) is 48.5 Å². The molecule has 3 aromatic rings. The third-order valence-corrected chi connectivity index (χ3v) is 4.66. The molecule has 0 aliphatic rings. The lowest BCUT2D eigenvalue weighted by atomic mass is 10.1. The number of rotatable bonds is 8. The number of ether oxygens (including phenoxy) is 3. The predicted molar refractivity (Wildman–Crippen MR) is 111 cm³/mol. The molecular weight excluding hydrogens is 368 g/mol. The number of hydrogen-bond donors (Lipinski definition) is 0. The van der Waals surface area contributed by atoms with E-state index in [1.165, 1.54) is 0 Å². The van der Waals surface area contributed by atoms with Gasteiger partial charge in [-0.25, -0.2) is 4.68 Å². The van der Waals surface area contributed by atoms with Gasteiger partial charge >= 0.3 is 5.97 Å². The van der Waals surface area contributed by atoms with Gasteiger partial charge < -0.3 is 14.2 Å². The molecule has 0 N–H and O–H groups in total. The highest BCUT2D eigenvalue weighted by Gasteiger charge is 2.09. The van der Waals surface area contributed by atoms with Gasteiger partial charge in [0.2, 0.25) is 0 Å². The molecule has 1 aromatic heterocycles. The molecule has 3 rings (SSSR count). The summed E-state index contributed by atoms with van der Waals surface area (Å²) in [5.41, 5.74) is 4.98. The van der Waals surface area contributed by atoms with E-state index in [1.807, 2.05) is 67.1 Å². The first-order valence-corrected chi connectivity index (χ1v) is 9.49. The van der Waals surface area contributed by atoms with Crippen molar-refractivity contribution in [3.05, 3.63) is 71.0 Å². The van der Waals surface area contributed by atoms with Crippen molar-refractivity contribution in [3.8, 4) is 17.2 Å². The first-order valence-electron chi connectivity index (χ1n) is 9.49. The fourth-order valence-corrected chi connectivity index (χ4v) is 3.14. The summed E-state index contributed by atoms with van der Waals surface area (Å²) in [4.78, 5) is 12.1. The van der Waals surface area contributed by atoms with Crippen LogP contribution in [0.25, 0.3) is 5.69 Å². The van der Waals surface area contributed by atoms with E-state index in [2.05, 4.69) is 5.10 Å². The first-order chi connectivity index (χ1) is 14.0. The highest BCUT2D eigenvalue weighted by Crippen LogP contribution is 2.28. The fourth-order valence-electron chi connectivity index (χ4n) is 3.14. The Morgan fingerprint density at radius 2 is 1.62 bits per heavy atom. The SMILES string of the molecule is COc1ccc(CCC(=O)OCc2ccc(-n3nc(C)cc3C)cc2)cc1OC. The second-order valence-corrected chi connectivity index (χ2v) is 6.86. The second kappa shape index (κ2) is 9.28. The van der Waals surface area contributed by atoms with E-state index in [0.29, 0.717) is 24.3 Å². The standard InChI is InChI=1S/C23H26N2O4/c1-16-13-17(2)25(24-16)20-9-5-19(6-10-20)15-29-23(26)12-8-18-7-11-21(27-3)22(14-18)28-4/h5-7,9-11,13-14H,8,12,15H2,1-4H3. The number of aryl methyl sites for hydroxylation is 3. The zero-order valence-electron chi connectivity index (χ0n) is 17.3. The molecule has 0 saturated heterocycles. The Hall–Kier alpha value is -3.28. The number of methoxy groups -OCH3 is 2. The first kappa shape index (κ1) is 20.5. The van der Waals surface area contributed by atoms with Gasteiger partial charge in [-0.15, -0.1) is 0 Å². The Labute approximate surface area is 171 Å². The maximum atomic E-state index is 12.1. The van der Waals surface area contributed by atoms with E-state index >= 15 is 0 Å². The van der Waals surface area contributed by atoms with Crippen LogP contribution in [0.2, 0.25) is 0 Å². The molecule has 0 radical (unpaired) electrons. The van der Waals surface area contributed by atoms with Crippen molar-refractivity contribution in [2.24, 2.45) is 0 Å². The van der Waals surface area contributed by atoms with Gasteiger partial charge in [0, 0.05) is 12.1 Å². The Bertz CT molecular complexity index is 977. The third kappa shape index (κ3) is 5.16. The second-order valence-electron chi connectivity index (χ2n) is 6.86. The minimum atomic E-state index is -0.234. The number of carbonyl (C=O) groups excluding carboxylic acids is 1. The van der Waals surface area contributed by atoms with Crippen molar-refractivity contribution >= 4 is 5.97 Å². The van der Waals surface area contributed by atoms with Gasteiger partial charge in [-0.3, -0.25) is 4.79 Å². The molecule has 0 saturated carbocycles. The largest absolute Gasteiger partial charge is 0.493 e. The average Bonchev–Trinajstić information content (AvgIpc) is 3.08. The molecule has 0 unspecified atom stereocenters. The Morgan fingerprint density at radius 1 is 0.931 bits per heavy atom. The van der Waals surface area contributed by atoms with E-state index in [0.717, 1.165) is 28.2 Å². The van der Waals surface area contributed by atoms with Gasteiger partial charge in [0.1, 0.15) is 6.61 Å². The molecule has 6 nitrogen and oxygen atoms in total. The van der Waals surface area contributed by atoms with Crippen LogP contribution < -0.4 is 9.47 Å². The normalized spacial score (nSPS) is 10.6. The fraction of sp³-hybridized carbons (Fsp3) is 0.304. The molecule has 6 heteroatoms. The van der Waals surface area contributed by atoms with Crippen molar-refractivity contribution in [2.45, 2.75) is 33.3 Å². The number of esters is 1. The zero-order chi connectivity index (χ0) is 20.8. The summed E-state index contributed by atoms with van der Waals surface area (Å²) in [5, 5.41) is 4.48. The van der Waals surface area contributed by atoms with Crippen LogP contribution in [0.5, 0.6) is 11.5 Å². The van der Waals surface area contributed by atoms with Gasteiger partial charge in [-0.2, -0.15) is 5.10 Å². The molecule has 0 bridgehead atoms. The molecule has 29 heavy (non-hydrogen) atoms. The predicted octanol–water partition coefficient (Wildman–Crippen LogP) is 4.18. The van der Waals surface area contributed by atoms with E-state index in [-0.39, 0.29) is 12.6 Å². The molecule has 2 aromatic carbocycles. The van der Waals surface area contributed by atoms with Gasteiger partial charge in [-0.1, -0.05) is 18.2 Å². The quantitative estimate of drug-likeness (QED) is 0.536. The van der Waals surface area contributed by atoms with E-state index in [4.69, 9.17) is 14.2 Å². The van der Waals surface area contributed by atoms with Crippen LogP contribution in [0.4, 0.5) is 0 Å². The van der Waals surface area contributed by atoms with Crippen LogP contribution in [-0.2, 0) is 22.6 Å². The van der Waals surface area contributed by atoms with Crippen LogP contribution >= 0.6 is 0 Å². The van der Waals surface area contributed by atoms with Gasteiger partial charge in [0.25, 0.3) is 0 Å². The molecule has 0 aliphatic heterocycles. The van der Waals surface area contributed by atoms with Crippen molar-refractivity contribution in [1.82, 2.24) is 9.78 Å². The number of nitrogens with zero attached hydrogens (tertiary/aromatic N) is 2. The van der Waals surface area contributed by atoms with Crippen molar-refractivity contribution in [1.29, 1.82) is 0 Å². The molecule has 152 valence electrons.